The second-order valence-electron chi connectivity index (χ2n) is 4.39. The lowest BCUT2D eigenvalue weighted by Gasteiger charge is -2.15. The molecule has 2 rings (SSSR count). The fourth-order valence-electron chi connectivity index (χ4n) is 2.00. The molecule has 0 aliphatic carbocycles. The Morgan fingerprint density at radius 1 is 1.33 bits per heavy atom. The van der Waals surface area contributed by atoms with Crippen LogP contribution in [0.4, 0.5) is 4.39 Å². The fraction of sp³-hybridized carbons (Fsp3) is 0.231. The van der Waals surface area contributed by atoms with Gasteiger partial charge in [0.2, 0.25) is 0 Å². The molecule has 1 aromatic carbocycles. The van der Waals surface area contributed by atoms with Gasteiger partial charge >= 0.3 is 0 Å². The smallest absolute Gasteiger partial charge is 0.265 e. The maximum atomic E-state index is 13.2. The normalized spacial score (nSPS) is 11.1. The second kappa shape index (κ2) is 4.25. The summed E-state index contributed by atoms with van der Waals surface area (Å²) in [7, 11) is 0. The SMILES string of the molecule is CC(C)n1c(C(N)=O)cc2ccc(F)cc2c1=O. The van der Waals surface area contributed by atoms with Crippen LogP contribution in [0, 0.1) is 5.82 Å². The lowest BCUT2D eigenvalue weighted by Crippen LogP contribution is -2.30. The van der Waals surface area contributed by atoms with E-state index in [-0.39, 0.29) is 17.1 Å². The van der Waals surface area contributed by atoms with Gasteiger partial charge in [0.1, 0.15) is 11.5 Å². The Bertz CT molecular complexity index is 689. The number of amides is 1. The third-order valence-electron chi connectivity index (χ3n) is 2.79. The van der Waals surface area contributed by atoms with Crippen molar-refractivity contribution < 1.29 is 9.18 Å². The molecule has 0 spiro atoms. The van der Waals surface area contributed by atoms with E-state index in [0.29, 0.717) is 5.39 Å². The molecule has 18 heavy (non-hydrogen) atoms. The van der Waals surface area contributed by atoms with Crippen LogP contribution >= 0.6 is 0 Å². The Balaban J connectivity index is 2.95. The summed E-state index contributed by atoms with van der Waals surface area (Å²) >= 11 is 0. The first kappa shape index (κ1) is 12.3. The minimum absolute atomic E-state index is 0.133. The van der Waals surface area contributed by atoms with Gasteiger partial charge in [0.05, 0.1) is 5.39 Å². The number of primary amides is 1. The van der Waals surface area contributed by atoms with Gasteiger partial charge in [-0.15, -0.1) is 0 Å². The zero-order valence-electron chi connectivity index (χ0n) is 10.1. The van der Waals surface area contributed by atoms with Crippen LogP contribution in [0.5, 0.6) is 0 Å². The number of halogens is 1. The van der Waals surface area contributed by atoms with E-state index in [1.54, 1.807) is 13.8 Å². The van der Waals surface area contributed by atoms with Crippen molar-refractivity contribution in [2.24, 2.45) is 5.73 Å². The van der Waals surface area contributed by atoms with Gasteiger partial charge in [-0.25, -0.2) is 4.39 Å². The highest BCUT2D eigenvalue weighted by Gasteiger charge is 2.15. The van der Waals surface area contributed by atoms with Gasteiger partial charge in [-0.05, 0) is 37.4 Å². The molecule has 2 N–H and O–H groups in total. The van der Waals surface area contributed by atoms with Crippen molar-refractivity contribution in [3.05, 3.63) is 46.1 Å². The van der Waals surface area contributed by atoms with Crippen LogP contribution in [0.25, 0.3) is 10.8 Å². The topological polar surface area (TPSA) is 65.1 Å². The van der Waals surface area contributed by atoms with E-state index in [4.69, 9.17) is 5.73 Å². The number of hydrogen-bond donors (Lipinski definition) is 1. The van der Waals surface area contributed by atoms with E-state index >= 15 is 0 Å². The summed E-state index contributed by atoms with van der Waals surface area (Å²) in [6, 6.07) is 5.16. The van der Waals surface area contributed by atoms with Gasteiger partial charge in [-0.1, -0.05) is 6.07 Å². The van der Waals surface area contributed by atoms with Crippen LogP contribution in [-0.4, -0.2) is 10.5 Å². The summed E-state index contributed by atoms with van der Waals surface area (Å²) in [5, 5.41) is 0.751. The van der Waals surface area contributed by atoms with E-state index in [1.807, 2.05) is 0 Å². The van der Waals surface area contributed by atoms with Gasteiger partial charge in [-0.3, -0.25) is 9.59 Å². The van der Waals surface area contributed by atoms with Crippen LogP contribution in [0.3, 0.4) is 0 Å². The van der Waals surface area contributed by atoms with Crippen LogP contribution in [-0.2, 0) is 0 Å². The molecule has 94 valence electrons. The molecule has 0 saturated heterocycles. The number of hydrogen-bond acceptors (Lipinski definition) is 2. The van der Waals surface area contributed by atoms with Crippen molar-refractivity contribution in [3.63, 3.8) is 0 Å². The quantitative estimate of drug-likeness (QED) is 0.881. The van der Waals surface area contributed by atoms with Gasteiger partial charge in [0.15, 0.2) is 0 Å². The summed E-state index contributed by atoms with van der Waals surface area (Å²) in [5.41, 5.74) is 5.00. The highest BCUT2D eigenvalue weighted by molar-refractivity contribution is 5.95. The molecule has 1 aromatic heterocycles. The number of carbonyl (C=O) groups is 1. The van der Waals surface area contributed by atoms with E-state index in [2.05, 4.69) is 0 Å². The zero-order valence-corrected chi connectivity index (χ0v) is 10.1. The third-order valence-corrected chi connectivity index (χ3v) is 2.79. The van der Waals surface area contributed by atoms with E-state index in [1.165, 1.54) is 28.8 Å². The molecule has 0 fully saturated rings. The Hall–Kier alpha value is -2.17. The molecule has 1 heterocycles. The second-order valence-corrected chi connectivity index (χ2v) is 4.39. The molecule has 0 bridgehead atoms. The molecule has 0 radical (unpaired) electrons. The highest BCUT2D eigenvalue weighted by Crippen LogP contribution is 2.16. The molecule has 2 aromatic rings. The molecule has 4 nitrogen and oxygen atoms in total. The molecule has 0 saturated carbocycles. The summed E-state index contributed by atoms with van der Waals surface area (Å²) in [6.45, 7) is 3.53. The van der Waals surface area contributed by atoms with Crippen molar-refractivity contribution in [3.8, 4) is 0 Å². The van der Waals surface area contributed by atoms with Crippen molar-refractivity contribution in [2.75, 3.05) is 0 Å². The largest absolute Gasteiger partial charge is 0.364 e. The average molecular weight is 248 g/mol. The summed E-state index contributed by atoms with van der Waals surface area (Å²) in [4.78, 5) is 23.6. The van der Waals surface area contributed by atoms with Crippen LogP contribution in [0.15, 0.2) is 29.1 Å². The Morgan fingerprint density at radius 2 is 2.00 bits per heavy atom. The number of pyridine rings is 1. The van der Waals surface area contributed by atoms with Gasteiger partial charge in [0.25, 0.3) is 11.5 Å². The first-order valence-corrected chi connectivity index (χ1v) is 5.56. The Labute approximate surface area is 103 Å². The minimum atomic E-state index is -0.674. The van der Waals surface area contributed by atoms with E-state index in [9.17, 15) is 14.0 Å². The molecule has 0 unspecified atom stereocenters. The standard InChI is InChI=1S/C13H13FN2O2/c1-7(2)16-11(12(15)17)5-8-3-4-9(14)6-10(8)13(16)18/h3-7H,1-2H3,(H2,15,17). The molecule has 0 atom stereocenters. The zero-order chi connectivity index (χ0) is 13.4. The van der Waals surface area contributed by atoms with Gasteiger partial charge in [0, 0.05) is 6.04 Å². The van der Waals surface area contributed by atoms with Crippen LogP contribution < -0.4 is 11.3 Å². The Morgan fingerprint density at radius 3 is 2.56 bits per heavy atom. The predicted octanol–water partition coefficient (Wildman–Crippen LogP) is 1.82. The maximum Gasteiger partial charge on any atom is 0.265 e. The first-order chi connectivity index (χ1) is 8.41. The van der Waals surface area contributed by atoms with Crippen molar-refractivity contribution in [2.45, 2.75) is 19.9 Å². The number of fused-ring (bicyclic) bond motifs is 1. The highest BCUT2D eigenvalue weighted by atomic mass is 19.1. The number of carbonyl (C=O) groups excluding carboxylic acids is 1. The molecule has 0 aliphatic heterocycles. The molecule has 0 aliphatic rings. The van der Waals surface area contributed by atoms with Crippen molar-refractivity contribution in [1.29, 1.82) is 0 Å². The Kier molecular flexibility index (Phi) is 2.90. The number of benzene rings is 1. The van der Waals surface area contributed by atoms with E-state index in [0.717, 1.165) is 0 Å². The van der Waals surface area contributed by atoms with Crippen LogP contribution in [0.2, 0.25) is 0 Å². The van der Waals surface area contributed by atoms with Gasteiger partial charge < -0.3 is 10.3 Å². The lowest BCUT2D eigenvalue weighted by atomic mass is 10.1. The molecular formula is C13H13FN2O2. The van der Waals surface area contributed by atoms with Crippen LogP contribution in [0.1, 0.15) is 30.4 Å². The lowest BCUT2D eigenvalue weighted by molar-refractivity contribution is 0.0989. The maximum absolute atomic E-state index is 13.2. The number of nitrogens with two attached hydrogens (primary N) is 1. The minimum Gasteiger partial charge on any atom is -0.364 e. The monoisotopic (exact) mass is 248 g/mol. The van der Waals surface area contributed by atoms with Crippen molar-refractivity contribution >= 4 is 16.7 Å². The predicted molar refractivity (Wildman–Crippen MR) is 67.1 cm³/mol. The molecule has 5 heteroatoms. The third kappa shape index (κ3) is 1.88. The average Bonchev–Trinajstić information content (AvgIpc) is 2.28. The van der Waals surface area contributed by atoms with E-state index < -0.39 is 17.3 Å². The first-order valence-electron chi connectivity index (χ1n) is 5.56. The summed E-state index contributed by atoms with van der Waals surface area (Å²) in [6.07, 6.45) is 0. The fourth-order valence-corrected chi connectivity index (χ4v) is 2.00. The number of aromatic nitrogens is 1. The summed E-state index contributed by atoms with van der Waals surface area (Å²) in [5.74, 6) is -1.16. The summed E-state index contributed by atoms with van der Waals surface area (Å²) < 4.78 is 14.5. The molecular weight excluding hydrogens is 235 g/mol. The number of rotatable bonds is 2. The number of nitrogens with zero attached hydrogens (tertiary/aromatic N) is 1. The van der Waals surface area contributed by atoms with Crippen molar-refractivity contribution in [1.82, 2.24) is 4.57 Å². The molecule has 1 amide bonds. The van der Waals surface area contributed by atoms with Gasteiger partial charge in [-0.2, -0.15) is 0 Å².